The smallest absolute Gasteiger partial charge is 0.241 e. The molecular formula is C13H20N2O2. The van der Waals surface area contributed by atoms with Crippen molar-refractivity contribution in [3.63, 3.8) is 0 Å². The van der Waals surface area contributed by atoms with Crippen LogP contribution in [0.1, 0.15) is 16.7 Å². The quantitative estimate of drug-likeness (QED) is 0.803. The summed E-state index contributed by atoms with van der Waals surface area (Å²) < 4.78 is 0. The Bertz CT molecular complexity index is 404. The number of aliphatic hydroxyl groups excluding tert-OH is 1. The summed E-state index contributed by atoms with van der Waals surface area (Å²) in [6, 6.07) is 5.31. The Labute approximate surface area is 102 Å². The zero-order valence-electron chi connectivity index (χ0n) is 10.6. The van der Waals surface area contributed by atoms with Crippen LogP contribution in [0.25, 0.3) is 0 Å². The van der Waals surface area contributed by atoms with Crippen molar-refractivity contribution in [2.45, 2.75) is 26.4 Å². The monoisotopic (exact) mass is 236 g/mol. The van der Waals surface area contributed by atoms with Crippen LogP contribution in [0.5, 0.6) is 0 Å². The van der Waals surface area contributed by atoms with Crippen LogP contribution in [-0.4, -0.2) is 35.6 Å². The molecule has 0 radical (unpaired) electrons. The minimum Gasteiger partial charge on any atom is -0.394 e. The second kappa shape index (κ2) is 5.80. The van der Waals surface area contributed by atoms with Gasteiger partial charge in [-0.2, -0.15) is 0 Å². The predicted molar refractivity (Wildman–Crippen MR) is 67.5 cm³/mol. The van der Waals surface area contributed by atoms with E-state index in [0.717, 1.165) is 16.7 Å². The highest BCUT2D eigenvalue weighted by atomic mass is 16.3. The zero-order valence-corrected chi connectivity index (χ0v) is 10.6. The van der Waals surface area contributed by atoms with Crippen molar-refractivity contribution in [3.05, 3.63) is 34.9 Å². The van der Waals surface area contributed by atoms with Crippen molar-refractivity contribution in [3.8, 4) is 0 Å². The molecule has 17 heavy (non-hydrogen) atoms. The van der Waals surface area contributed by atoms with Gasteiger partial charge in [-0.15, -0.1) is 0 Å². The Morgan fingerprint density at radius 1 is 1.47 bits per heavy atom. The number of amides is 1. The van der Waals surface area contributed by atoms with Gasteiger partial charge in [-0.25, -0.2) is 0 Å². The van der Waals surface area contributed by atoms with E-state index < -0.39 is 6.04 Å². The van der Waals surface area contributed by atoms with Gasteiger partial charge in [-0.1, -0.05) is 23.8 Å². The molecule has 3 N–H and O–H groups in total. The summed E-state index contributed by atoms with van der Waals surface area (Å²) in [7, 11) is 1.69. The van der Waals surface area contributed by atoms with Gasteiger partial charge in [0.25, 0.3) is 0 Å². The van der Waals surface area contributed by atoms with Crippen LogP contribution < -0.4 is 5.73 Å². The number of rotatable bonds is 4. The Morgan fingerprint density at radius 2 is 2.12 bits per heavy atom. The van der Waals surface area contributed by atoms with E-state index in [1.54, 1.807) is 11.9 Å². The van der Waals surface area contributed by atoms with Gasteiger partial charge >= 0.3 is 0 Å². The lowest BCUT2D eigenvalue weighted by Crippen LogP contribution is -2.43. The van der Waals surface area contributed by atoms with Crippen LogP contribution in [0, 0.1) is 13.8 Å². The summed E-state index contributed by atoms with van der Waals surface area (Å²) in [5.74, 6) is -0.242. The summed E-state index contributed by atoms with van der Waals surface area (Å²) in [6.07, 6.45) is 0. The van der Waals surface area contributed by atoms with Gasteiger partial charge in [-0.05, 0) is 25.0 Å². The molecule has 1 aromatic rings. The summed E-state index contributed by atoms with van der Waals surface area (Å²) in [5, 5.41) is 8.85. The fourth-order valence-electron chi connectivity index (χ4n) is 1.67. The van der Waals surface area contributed by atoms with Crippen LogP contribution in [0.15, 0.2) is 18.2 Å². The molecule has 0 saturated heterocycles. The van der Waals surface area contributed by atoms with E-state index in [0.29, 0.717) is 6.54 Å². The third kappa shape index (κ3) is 3.54. The number of benzene rings is 1. The molecule has 4 nitrogen and oxygen atoms in total. The molecule has 94 valence electrons. The third-order valence-electron chi connectivity index (χ3n) is 2.80. The second-order valence-corrected chi connectivity index (χ2v) is 4.41. The van der Waals surface area contributed by atoms with Gasteiger partial charge < -0.3 is 15.7 Å². The fourth-order valence-corrected chi connectivity index (χ4v) is 1.67. The van der Waals surface area contributed by atoms with Crippen molar-refractivity contribution >= 4 is 5.91 Å². The van der Waals surface area contributed by atoms with E-state index in [-0.39, 0.29) is 12.5 Å². The average molecular weight is 236 g/mol. The number of aryl methyl sites for hydroxylation is 2. The number of carbonyl (C=O) groups excluding carboxylic acids is 1. The molecule has 0 spiro atoms. The largest absolute Gasteiger partial charge is 0.394 e. The highest BCUT2D eigenvalue weighted by Gasteiger charge is 2.17. The van der Waals surface area contributed by atoms with Crippen molar-refractivity contribution in [2.75, 3.05) is 13.7 Å². The standard InChI is InChI=1S/C13H20N2O2/c1-9-4-5-10(2)11(6-9)7-15(3)13(17)12(14)8-16/h4-6,12,16H,7-8,14H2,1-3H3. The summed E-state index contributed by atoms with van der Waals surface area (Å²) in [5.41, 5.74) is 8.91. The summed E-state index contributed by atoms with van der Waals surface area (Å²) >= 11 is 0. The first kappa shape index (κ1) is 13.7. The number of likely N-dealkylation sites (N-methyl/N-ethyl adjacent to an activating group) is 1. The fraction of sp³-hybridized carbons (Fsp3) is 0.462. The van der Waals surface area contributed by atoms with Gasteiger partial charge in [0, 0.05) is 13.6 Å². The van der Waals surface area contributed by atoms with Crippen LogP contribution in [0.3, 0.4) is 0 Å². The van der Waals surface area contributed by atoms with Crippen molar-refractivity contribution in [1.82, 2.24) is 4.90 Å². The van der Waals surface area contributed by atoms with Gasteiger partial charge in [0.05, 0.1) is 6.61 Å². The predicted octanol–water partition coefficient (Wildman–Crippen LogP) is 0.581. The number of nitrogens with zero attached hydrogens (tertiary/aromatic N) is 1. The highest BCUT2D eigenvalue weighted by molar-refractivity contribution is 5.81. The van der Waals surface area contributed by atoms with E-state index in [2.05, 4.69) is 6.07 Å². The van der Waals surface area contributed by atoms with Crippen LogP contribution >= 0.6 is 0 Å². The molecule has 0 aliphatic carbocycles. The van der Waals surface area contributed by atoms with Crippen LogP contribution in [0.4, 0.5) is 0 Å². The Morgan fingerprint density at radius 3 is 2.71 bits per heavy atom. The molecule has 0 aliphatic heterocycles. The van der Waals surface area contributed by atoms with Gasteiger partial charge in [0.1, 0.15) is 6.04 Å². The minimum absolute atomic E-state index is 0.242. The van der Waals surface area contributed by atoms with Crippen LogP contribution in [0.2, 0.25) is 0 Å². The summed E-state index contributed by atoms with van der Waals surface area (Å²) in [6.45, 7) is 4.22. The first-order valence-corrected chi connectivity index (χ1v) is 5.63. The second-order valence-electron chi connectivity index (χ2n) is 4.41. The SMILES string of the molecule is Cc1ccc(C)c(CN(C)C(=O)C(N)CO)c1. The van der Waals surface area contributed by atoms with E-state index in [4.69, 9.17) is 10.8 Å². The number of carbonyl (C=O) groups is 1. The number of hydrogen-bond acceptors (Lipinski definition) is 3. The summed E-state index contributed by atoms with van der Waals surface area (Å²) in [4.78, 5) is 13.3. The first-order chi connectivity index (χ1) is 7.95. The molecule has 1 amide bonds. The number of nitrogens with two attached hydrogens (primary N) is 1. The molecule has 1 unspecified atom stereocenters. The Balaban J connectivity index is 2.77. The minimum atomic E-state index is -0.829. The topological polar surface area (TPSA) is 66.6 Å². The first-order valence-electron chi connectivity index (χ1n) is 5.63. The Kier molecular flexibility index (Phi) is 4.66. The van der Waals surface area contributed by atoms with E-state index in [1.165, 1.54) is 0 Å². The normalized spacial score (nSPS) is 12.3. The molecule has 0 saturated carbocycles. The Hall–Kier alpha value is -1.39. The molecular weight excluding hydrogens is 216 g/mol. The van der Waals surface area contributed by atoms with Crippen molar-refractivity contribution in [1.29, 1.82) is 0 Å². The number of hydrogen-bond donors (Lipinski definition) is 2. The van der Waals surface area contributed by atoms with Gasteiger partial charge in [-0.3, -0.25) is 4.79 Å². The lowest BCUT2D eigenvalue weighted by molar-refractivity contribution is -0.132. The molecule has 1 atom stereocenters. The molecule has 1 aromatic carbocycles. The van der Waals surface area contributed by atoms with Gasteiger partial charge in [0.2, 0.25) is 5.91 Å². The van der Waals surface area contributed by atoms with E-state index in [1.807, 2.05) is 26.0 Å². The van der Waals surface area contributed by atoms with E-state index >= 15 is 0 Å². The molecule has 0 aromatic heterocycles. The molecule has 0 heterocycles. The maximum Gasteiger partial charge on any atom is 0.241 e. The van der Waals surface area contributed by atoms with Crippen molar-refractivity contribution in [2.24, 2.45) is 5.73 Å². The molecule has 0 aliphatic rings. The average Bonchev–Trinajstić information content (AvgIpc) is 2.31. The third-order valence-corrected chi connectivity index (χ3v) is 2.80. The zero-order chi connectivity index (χ0) is 13.0. The lowest BCUT2D eigenvalue weighted by Gasteiger charge is -2.21. The van der Waals surface area contributed by atoms with E-state index in [9.17, 15) is 4.79 Å². The number of aliphatic hydroxyl groups is 1. The van der Waals surface area contributed by atoms with Crippen LogP contribution in [-0.2, 0) is 11.3 Å². The highest BCUT2D eigenvalue weighted by Crippen LogP contribution is 2.12. The van der Waals surface area contributed by atoms with Crippen molar-refractivity contribution < 1.29 is 9.90 Å². The lowest BCUT2D eigenvalue weighted by atomic mass is 10.1. The molecule has 4 heteroatoms. The molecule has 0 bridgehead atoms. The maximum atomic E-state index is 11.7. The molecule has 0 fully saturated rings. The maximum absolute atomic E-state index is 11.7. The van der Waals surface area contributed by atoms with Gasteiger partial charge in [0.15, 0.2) is 0 Å². The molecule has 1 rings (SSSR count).